The fourth-order valence-electron chi connectivity index (χ4n) is 4.26. The number of H-pyrrole nitrogens is 1. The van der Waals surface area contributed by atoms with Crippen molar-refractivity contribution in [1.29, 1.82) is 0 Å². The van der Waals surface area contributed by atoms with Crippen molar-refractivity contribution in [3.05, 3.63) is 50.4 Å². The molecule has 0 radical (unpaired) electrons. The summed E-state index contributed by atoms with van der Waals surface area (Å²) >= 11 is 1.70. The van der Waals surface area contributed by atoms with E-state index in [0.29, 0.717) is 5.92 Å². The van der Waals surface area contributed by atoms with Crippen molar-refractivity contribution >= 4 is 21.6 Å². The van der Waals surface area contributed by atoms with Gasteiger partial charge in [0.05, 0.1) is 26.7 Å². The molecule has 3 atom stereocenters. The van der Waals surface area contributed by atoms with E-state index in [1.165, 1.54) is 15.3 Å². The first kappa shape index (κ1) is 20.9. The zero-order chi connectivity index (χ0) is 21.4. The number of aromatic nitrogens is 2. The van der Waals surface area contributed by atoms with Crippen molar-refractivity contribution in [2.24, 2.45) is 5.92 Å². The van der Waals surface area contributed by atoms with Crippen LogP contribution in [0.3, 0.4) is 0 Å². The second-order valence-corrected chi connectivity index (χ2v) is 9.49. The number of ether oxygens (including phenoxy) is 2. The van der Waals surface area contributed by atoms with Gasteiger partial charge in [-0.3, -0.25) is 4.79 Å². The lowest BCUT2D eigenvalue weighted by Crippen LogP contribution is -3.07. The Morgan fingerprint density at radius 2 is 2.13 bits per heavy atom. The van der Waals surface area contributed by atoms with Gasteiger partial charge in [-0.2, -0.15) is 0 Å². The number of benzene rings is 1. The van der Waals surface area contributed by atoms with Crippen molar-refractivity contribution in [3.8, 4) is 11.5 Å². The largest absolute Gasteiger partial charge is 0.497 e. The molecule has 0 saturated carbocycles. The van der Waals surface area contributed by atoms with Gasteiger partial charge >= 0.3 is 0 Å². The number of aryl methyl sites for hydroxylation is 1. The Balaban J connectivity index is 1.61. The number of methoxy groups -OCH3 is 2. The van der Waals surface area contributed by atoms with Crippen LogP contribution in [0, 0.1) is 5.92 Å². The van der Waals surface area contributed by atoms with Crippen molar-refractivity contribution in [2.75, 3.05) is 21.3 Å². The van der Waals surface area contributed by atoms with Crippen LogP contribution in [-0.4, -0.2) is 31.2 Å². The predicted molar refractivity (Wildman–Crippen MR) is 120 cm³/mol. The molecule has 0 bridgehead atoms. The topological polar surface area (TPSA) is 68.7 Å². The van der Waals surface area contributed by atoms with Gasteiger partial charge in [0.15, 0.2) is 5.82 Å². The minimum atomic E-state index is 0.00345. The van der Waals surface area contributed by atoms with Crippen molar-refractivity contribution in [2.45, 2.75) is 45.7 Å². The average molecular weight is 429 g/mol. The van der Waals surface area contributed by atoms with Gasteiger partial charge in [-0.15, -0.1) is 11.3 Å². The predicted octanol–water partition coefficient (Wildman–Crippen LogP) is 2.90. The zero-order valence-electron chi connectivity index (χ0n) is 18.3. The maximum Gasteiger partial charge on any atom is 0.260 e. The molecule has 3 aromatic rings. The van der Waals surface area contributed by atoms with Crippen molar-refractivity contribution < 1.29 is 14.4 Å². The molecule has 0 aliphatic heterocycles. The van der Waals surface area contributed by atoms with E-state index >= 15 is 0 Å². The molecule has 0 amide bonds. The Morgan fingerprint density at radius 3 is 2.87 bits per heavy atom. The molecular weight excluding hydrogens is 398 g/mol. The molecule has 2 aromatic heterocycles. The van der Waals surface area contributed by atoms with Crippen LogP contribution in [0.1, 0.15) is 48.1 Å². The fourth-order valence-corrected chi connectivity index (χ4v) is 5.65. The summed E-state index contributed by atoms with van der Waals surface area (Å²) in [6, 6.07) is 5.91. The lowest BCUT2D eigenvalue weighted by molar-refractivity contribution is -0.924. The number of hydrogen-bond donors (Lipinski definition) is 2. The highest BCUT2D eigenvalue weighted by molar-refractivity contribution is 7.18. The normalized spacial score (nSPS) is 18.1. The van der Waals surface area contributed by atoms with E-state index in [4.69, 9.17) is 14.5 Å². The minimum Gasteiger partial charge on any atom is -0.497 e. The summed E-state index contributed by atoms with van der Waals surface area (Å²) in [4.78, 5) is 24.4. The quantitative estimate of drug-likeness (QED) is 0.634. The summed E-state index contributed by atoms with van der Waals surface area (Å²) in [7, 11) is 5.43. The van der Waals surface area contributed by atoms with Crippen LogP contribution in [0.15, 0.2) is 23.0 Å². The first-order valence-electron chi connectivity index (χ1n) is 10.5. The molecule has 160 valence electrons. The third-order valence-corrected chi connectivity index (χ3v) is 7.44. The van der Waals surface area contributed by atoms with E-state index in [9.17, 15) is 4.79 Å². The Hall–Kier alpha value is -2.38. The number of hydrogen-bond acceptors (Lipinski definition) is 5. The maximum absolute atomic E-state index is 12.9. The van der Waals surface area contributed by atoms with E-state index in [1.54, 1.807) is 25.6 Å². The van der Waals surface area contributed by atoms with Gasteiger partial charge < -0.3 is 19.4 Å². The van der Waals surface area contributed by atoms with Crippen molar-refractivity contribution in [1.82, 2.24) is 9.97 Å². The Morgan fingerprint density at radius 1 is 1.33 bits per heavy atom. The molecular formula is C23H30N3O3S+. The Labute approximate surface area is 180 Å². The fraction of sp³-hybridized carbons (Fsp3) is 0.478. The van der Waals surface area contributed by atoms with Crippen molar-refractivity contribution in [3.63, 3.8) is 0 Å². The first-order valence-corrected chi connectivity index (χ1v) is 11.3. The van der Waals surface area contributed by atoms with E-state index in [1.807, 2.05) is 18.2 Å². The molecule has 30 heavy (non-hydrogen) atoms. The van der Waals surface area contributed by atoms with Gasteiger partial charge in [-0.25, -0.2) is 4.98 Å². The molecule has 0 fully saturated rings. The summed E-state index contributed by atoms with van der Waals surface area (Å²) in [5, 5.41) is 0.812. The molecule has 1 aliphatic rings. The van der Waals surface area contributed by atoms with Gasteiger partial charge in [0.25, 0.3) is 5.56 Å². The minimum absolute atomic E-state index is 0.00345. The summed E-state index contributed by atoms with van der Waals surface area (Å²) in [6.45, 7) is 5.13. The maximum atomic E-state index is 12.9. The van der Waals surface area contributed by atoms with E-state index < -0.39 is 0 Å². The standard InChI is InChI=1S/C23H29N3O3S/c1-13-6-9-17-19(10-13)30-23-20(17)22(27)24-21(25-23)14(2)26(3)12-15-7-8-16(28-4)11-18(15)29-5/h7-8,11,13-14H,6,9-10,12H2,1-5H3,(H,24,25,27)/p+1/t13-,14+/m0/s1. The van der Waals surface area contributed by atoms with Gasteiger partial charge in [0, 0.05) is 16.5 Å². The average Bonchev–Trinajstić information content (AvgIpc) is 3.11. The molecule has 6 nitrogen and oxygen atoms in total. The number of fused-ring (bicyclic) bond motifs is 3. The Bertz CT molecular complexity index is 1120. The lowest BCUT2D eigenvalue weighted by Gasteiger charge is -2.22. The SMILES string of the molecule is COc1ccc(C[NH+](C)[C@H](C)c2nc3sc4c(c3c(=O)[nH]2)CC[C@H](C)C4)c(OC)c1. The number of aromatic amines is 1. The summed E-state index contributed by atoms with van der Waals surface area (Å²) in [6.07, 6.45) is 3.19. The van der Waals surface area contributed by atoms with E-state index in [2.05, 4.69) is 25.9 Å². The van der Waals surface area contributed by atoms with Gasteiger partial charge in [-0.05, 0) is 49.8 Å². The molecule has 1 aromatic carbocycles. The Kier molecular flexibility index (Phi) is 5.84. The molecule has 2 heterocycles. The highest BCUT2D eigenvalue weighted by atomic mass is 32.1. The monoisotopic (exact) mass is 428 g/mol. The van der Waals surface area contributed by atoms with E-state index in [-0.39, 0.29) is 11.6 Å². The number of nitrogens with zero attached hydrogens (tertiary/aromatic N) is 1. The van der Waals surface area contributed by atoms with Crippen LogP contribution in [0.4, 0.5) is 0 Å². The van der Waals surface area contributed by atoms with Gasteiger partial charge in [0.2, 0.25) is 0 Å². The lowest BCUT2D eigenvalue weighted by atomic mass is 9.89. The van der Waals surface area contributed by atoms with Crippen LogP contribution < -0.4 is 19.9 Å². The van der Waals surface area contributed by atoms with Crippen LogP contribution in [0.25, 0.3) is 10.2 Å². The van der Waals surface area contributed by atoms with Crippen LogP contribution in [-0.2, 0) is 19.4 Å². The third-order valence-electron chi connectivity index (χ3n) is 6.30. The number of quaternary nitrogens is 1. The van der Waals surface area contributed by atoms with Crippen LogP contribution >= 0.6 is 11.3 Å². The molecule has 1 aliphatic carbocycles. The highest BCUT2D eigenvalue weighted by Crippen LogP contribution is 2.35. The summed E-state index contributed by atoms with van der Waals surface area (Å²) in [5.41, 5.74) is 2.32. The van der Waals surface area contributed by atoms with Gasteiger partial charge in [-0.1, -0.05) is 6.92 Å². The highest BCUT2D eigenvalue weighted by Gasteiger charge is 2.26. The number of thiophene rings is 1. The summed E-state index contributed by atoms with van der Waals surface area (Å²) in [5.74, 6) is 2.99. The molecule has 0 saturated heterocycles. The second kappa shape index (κ2) is 8.40. The molecule has 1 unspecified atom stereocenters. The molecule has 7 heteroatoms. The van der Waals surface area contributed by atoms with Crippen LogP contribution in [0.5, 0.6) is 11.5 Å². The molecule has 4 rings (SSSR count). The second-order valence-electron chi connectivity index (χ2n) is 8.41. The smallest absolute Gasteiger partial charge is 0.260 e. The van der Waals surface area contributed by atoms with Crippen LogP contribution in [0.2, 0.25) is 0 Å². The molecule has 2 N–H and O–H groups in total. The summed E-state index contributed by atoms with van der Waals surface area (Å²) < 4.78 is 10.8. The number of rotatable bonds is 6. The van der Waals surface area contributed by atoms with Gasteiger partial charge in [0.1, 0.15) is 28.9 Å². The number of nitrogens with one attached hydrogen (secondary N) is 2. The first-order chi connectivity index (χ1) is 14.4. The third kappa shape index (κ3) is 3.84. The van der Waals surface area contributed by atoms with E-state index in [0.717, 1.165) is 58.9 Å². The zero-order valence-corrected chi connectivity index (χ0v) is 19.1. The molecule has 0 spiro atoms.